The van der Waals surface area contributed by atoms with Crippen molar-refractivity contribution < 1.29 is 9.53 Å². The molecule has 3 aromatic rings. The summed E-state index contributed by atoms with van der Waals surface area (Å²) in [6, 6.07) is 15.8. The summed E-state index contributed by atoms with van der Waals surface area (Å²) in [4.78, 5) is 13.2. The van der Waals surface area contributed by atoms with Crippen molar-refractivity contribution in [3.63, 3.8) is 0 Å². The molecular weight excluding hydrogens is 366 g/mol. The van der Waals surface area contributed by atoms with E-state index in [0.717, 1.165) is 10.6 Å². The normalized spacial score (nSPS) is 10.5. The summed E-state index contributed by atoms with van der Waals surface area (Å²) >= 11 is 2.83. The average molecular weight is 386 g/mol. The van der Waals surface area contributed by atoms with E-state index in [1.807, 2.05) is 30.3 Å². The lowest BCUT2D eigenvalue weighted by atomic mass is 10.2. The second kappa shape index (κ2) is 8.82. The first-order chi connectivity index (χ1) is 12.6. The van der Waals surface area contributed by atoms with Crippen LogP contribution < -0.4 is 10.1 Å². The van der Waals surface area contributed by atoms with Gasteiger partial charge in [-0.05, 0) is 49.2 Å². The van der Waals surface area contributed by atoms with E-state index >= 15 is 0 Å². The van der Waals surface area contributed by atoms with E-state index in [-0.39, 0.29) is 5.91 Å². The van der Waals surface area contributed by atoms with Crippen molar-refractivity contribution in [3.05, 3.63) is 64.7 Å². The van der Waals surface area contributed by atoms with Gasteiger partial charge in [0.1, 0.15) is 12.4 Å². The number of aryl methyl sites for hydroxylation is 2. The monoisotopic (exact) mass is 385 g/mol. The number of para-hydroxylation sites is 1. The Morgan fingerprint density at radius 1 is 1.12 bits per heavy atom. The van der Waals surface area contributed by atoms with Gasteiger partial charge in [0.15, 0.2) is 5.01 Å². The van der Waals surface area contributed by atoms with Crippen molar-refractivity contribution in [2.75, 3.05) is 11.1 Å². The van der Waals surface area contributed by atoms with Crippen LogP contribution in [0.25, 0.3) is 0 Å². The molecule has 7 heteroatoms. The number of anilines is 1. The van der Waals surface area contributed by atoms with Gasteiger partial charge in [-0.3, -0.25) is 10.1 Å². The molecule has 0 radical (unpaired) electrons. The van der Waals surface area contributed by atoms with Crippen molar-refractivity contribution in [2.45, 2.75) is 25.3 Å². The third-order valence-corrected chi connectivity index (χ3v) is 5.17. The van der Waals surface area contributed by atoms with Gasteiger partial charge in [-0.25, -0.2) is 0 Å². The van der Waals surface area contributed by atoms with Gasteiger partial charge >= 0.3 is 0 Å². The number of thioether (sulfide) groups is 1. The van der Waals surface area contributed by atoms with Gasteiger partial charge in [0.05, 0.1) is 5.75 Å². The van der Waals surface area contributed by atoms with E-state index in [1.54, 1.807) is 0 Å². The second-order valence-corrected chi connectivity index (χ2v) is 7.87. The number of carbonyl (C=O) groups is 1. The number of hydrogen-bond donors (Lipinski definition) is 1. The lowest BCUT2D eigenvalue weighted by Gasteiger charge is -2.04. The Balaban J connectivity index is 1.48. The van der Waals surface area contributed by atoms with Crippen molar-refractivity contribution >= 4 is 34.1 Å². The number of aromatic nitrogens is 2. The molecule has 1 amide bonds. The van der Waals surface area contributed by atoms with Crippen molar-refractivity contribution in [3.8, 4) is 5.75 Å². The Morgan fingerprint density at radius 2 is 1.85 bits per heavy atom. The van der Waals surface area contributed by atoms with Gasteiger partial charge in [-0.15, -0.1) is 22.0 Å². The van der Waals surface area contributed by atoms with Gasteiger partial charge in [0.25, 0.3) is 0 Å². The molecule has 0 aliphatic heterocycles. The van der Waals surface area contributed by atoms with E-state index in [9.17, 15) is 4.79 Å². The molecule has 0 atom stereocenters. The Hall–Kier alpha value is -2.38. The highest BCUT2D eigenvalue weighted by Gasteiger charge is 2.09. The molecule has 5 nitrogen and oxygen atoms in total. The molecule has 0 aliphatic carbocycles. The molecule has 1 aromatic heterocycles. The summed E-state index contributed by atoms with van der Waals surface area (Å²) in [5.74, 6) is 1.01. The van der Waals surface area contributed by atoms with Crippen molar-refractivity contribution in [2.24, 2.45) is 0 Å². The Morgan fingerprint density at radius 3 is 2.58 bits per heavy atom. The van der Waals surface area contributed by atoms with Crippen LogP contribution in [0.2, 0.25) is 0 Å². The van der Waals surface area contributed by atoms with Gasteiger partial charge in [0, 0.05) is 4.90 Å². The first-order valence-corrected chi connectivity index (χ1v) is 9.90. The maximum atomic E-state index is 12.1. The first kappa shape index (κ1) is 18.4. The zero-order valence-corrected chi connectivity index (χ0v) is 16.2. The summed E-state index contributed by atoms with van der Waals surface area (Å²) < 4.78 is 5.63. The molecule has 1 heterocycles. The highest BCUT2D eigenvalue weighted by Crippen LogP contribution is 2.22. The van der Waals surface area contributed by atoms with Gasteiger partial charge in [0.2, 0.25) is 11.0 Å². The number of nitrogens with one attached hydrogen (secondary N) is 1. The number of rotatable bonds is 7. The number of nitrogens with zero attached hydrogens (tertiary/aromatic N) is 2. The second-order valence-electron chi connectivity index (χ2n) is 5.76. The molecule has 0 saturated carbocycles. The molecule has 0 spiro atoms. The first-order valence-electron chi connectivity index (χ1n) is 8.10. The SMILES string of the molecule is Cc1cc(C)cc(SCC(=O)Nc2nnc(COc3ccccc3)s2)c1. The molecule has 0 unspecified atom stereocenters. The number of benzene rings is 2. The molecule has 0 fully saturated rings. The summed E-state index contributed by atoms with van der Waals surface area (Å²) in [6.07, 6.45) is 0. The molecule has 3 rings (SSSR count). The number of ether oxygens (including phenoxy) is 1. The van der Waals surface area contributed by atoms with Crippen LogP contribution in [0.5, 0.6) is 5.75 Å². The Labute approximate surface area is 160 Å². The lowest BCUT2D eigenvalue weighted by Crippen LogP contribution is -2.13. The predicted octanol–water partition coefficient (Wildman–Crippen LogP) is 4.46. The molecule has 0 aliphatic rings. The van der Waals surface area contributed by atoms with Crippen LogP contribution in [-0.4, -0.2) is 21.9 Å². The van der Waals surface area contributed by atoms with E-state index in [2.05, 4.69) is 47.6 Å². The fourth-order valence-electron chi connectivity index (χ4n) is 2.34. The minimum atomic E-state index is -0.0964. The fraction of sp³-hybridized carbons (Fsp3) is 0.211. The van der Waals surface area contributed by atoms with Crippen LogP contribution in [0.4, 0.5) is 5.13 Å². The Bertz CT molecular complexity index is 861. The van der Waals surface area contributed by atoms with Gasteiger partial charge < -0.3 is 4.74 Å². The van der Waals surface area contributed by atoms with Crippen LogP contribution in [0.15, 0.2) is 53.4 Å². The van der Waals surface area contributed by atoms with E-state index in [1.165, 1.54) is 34.2 Å². The predicted molar refractivity (Wildman–Crippen MR) is 106 cm³/mol. The van der Waals surface area contributed by atoms with Gasteiger partial charge in [-0.1, -0.05) is 35.6 Å². The van der Waals surface area contributed by atoms with Crippen LogP contribution in [0.3, 0.4) is 0 Å². The highest BCUT2D eigenvalue weighted by molar-refractivity contribution is 8.00. The molecule has 1 N–H and O–H groups in total. The number of hydrogen-bond acceptors (Lipinski definition) is 6. The van der Waals surface area contributed by atoms with E-state index < -0.39 is 0 Å². The van der Waals surface area contributed by atoms with Crippen LogP contribution in [0.1, 0.15) is 16.1 Å². The molecule has 26 heavy (non-hydrogen) atoms. The molecule has 134 valence electrons. The van der Waals surface area contributed by atoms with E-state index in [0.29, 0.717) is 22.5 Å². The molecule has 0 saturated heterocycles. The maximum Gasteiger partial charge on any atom is 0.236 e. The molecule has 0 bridgehead atoms. The smallest absolute Gasteiger partial charge is 0.236 e. The fourth-order valence-corrected chi connectivity index (χ4v) is 3.92. The standard InChI is InChI=1S/C19H19N3O2S2/c1-13-8-14(2)10-16(9-13)25-12-17(23)20-19-22-21-18(26-19)11-24-15-6-4-3-5-7-15/h3-10H,11-12H2,1-2H3,(H,20,22,23). The minimum Gasteiger partial charge on any atom is -0.486 e. The zero-order chi connectivity index (χ0) is 18.4. The average Bonchev–Trinajstić information content (AvgIpc) is 3.06. The molecule has 2 aromatic carbocycles. The third kappa shape index (κ3) is 5.57. The number of amides is 1. The maximum absolute atomic E-state index is 12.1. The summed E-state index contributed by atoms with van der Waals surface area (Å²) in [7, 11) is 0. The summed E-state index contributed by atoms with van der Waals surface area (Å²) in [5.41, 5.74) is 2.39. The van der Waals surface area contributed by atoms with Crippen molar-refractivity contribution in [1.29, 1.82) is 0 Å². The summed E-state index contributed by atoms with van der Waals surface area (Å²) in [6.45, 7) is 4.43. The minimum absolute atomic E-state index is 0.0964. The third-order valence-electron chi connectivity index (χ3n) is 3.38. The zero-order valence-electron chi connectivity index (χ0n) is 14.6. The van der Waals surface area contributed by atoms with Crippen LogP contribution >= 0.6 is 23.1 Å². The quantitative estimate of drug-likeness (QED) is 0.608. The highest BCUT2D eigenvalue weighted by atomic mass is 32.2. The topological polar surface area (TPSA) is 64.1 Å². The van der Waals surface area contributed by atoms with Crippen LogP contribution in [0, 0.1) is 13.8 Å². The lowest BCUT2D eigenvalue weighted by molar-refractivity contribution is -0.113. The molecular formula is C19H19N3O2S2. The Kier molecular flexibility index (Phi) is 6.25. The van der Waals surface area contributed by atoms with Gasteiger partial charge in [-0.2, -0.15) is 0 Å². The summed E-state index contributed by atoms with van der Waals surface area (Å²) in [5, 5.41) is 12.0. The van der Waals surface area contributed by atoms with Crippen LogP contribution in [-0.2, 0) is 11.4 Å². The van der Waals surface area contributed by atoms with Crippen molar-refractivity contribution in [1.82, 2.24) is 10.2 Å². The number of carbonyl (C=O) groups excluding carboxylic acids is 1. The largest absolute Gasteiger partial charge is 0.486 e. The van der Waals surface area contributed by atoms with E-state index in [4.69, 9.17) is 4.74 Å².